The number of amides is 1. The second-order valence-electron chi connectivity index (χ2n) is 3.69. The fourth-order valence-electron chi connectivity index (χ4n) is 1.48. The smallest absolute Gasteiger partial charge is 0.244 e. The molecule has 0 aliphatic heterocycles. The third-order valence-electron chi connectivity index (χ3n) is 2.37. The molecule has 0 atom stereocenters. The van der Waals surface area contributed by atoms with Crippen molar-refractivity contribution < 1.29 is 9.53 Å². The fraction of sp³-hybridized carbons (Fsp3) is 0.0833. The van der Waals surface area contributed by atoms with Crippen LogP contribution in [0.2, 0.25) is 0 Å². The number of aromatic nitrogens is 3. The molecule has 1 amide bonds. The van der Waals surface area contributed by atoms with E-state index in [0.717, 1.165) is 11.1 Å². The molecule has 0 bridgehead atoms. The Bertz CT molecular complexity index is 636. The molecule has 19 heavy (non-hydrogen) atoms. The summed E-state index contributed by atoms with van der Waals surface area (Å²) in [6, 6.07) is 1.84. The third kappa shape index (κ3) is 3.14. The normalized spacial score (nSPS) is 11.4. The monoisotopic (exact) mass is 276 g/mol. The number of hydrogen-bond acceptors (Lipinski definition) is 5. The summed E-state index contributed by atoms with van der Waals surface area (Å²) in [7, 11) is 1.58. The summed E-state index contributed by atoms with van der Waals surface area (Å²) in [6.45, 7) is 0. The largest absolute Gasteiger partial charge is 0.495 e. The van der Waals surface area contributed by atoms with Crippen LogP contribution < -0.4 is 10.5 Å². The van der Waals surface area contributed by atoms with Crippen LogP contribution >= 0.6 is 12.6 Å². The first-order valence-corrected chi connectivity index (χ1v) is 5.79. The molecule has 7 heteroatoms. The molecule has 0 spiro atoms. The van der Waals surface area contributed by atoms with E-state index in [1.165, 1.54) is 10.8 Å². The van der Waals surface area contributed by atoms with Crippen LogP contribution in [0, 0.1) is 0 Å². The van der Waals surface area contributed by atoms with Gasteiger partial charge in [-0.1, -0.05) is 0 Å². The Balaban J connectivity index is 2.32. The van der Waals surface area contributed by atoms with E-state index < -0.39 is 5.91 Å². The molecule has 0 saturated heterocycles. The number of carbonyl (C=O) groups is 1. The van der Waals surface area contributed by atoms with Crippen molar-refractivity contribution in [3.8, 4) is 16.9 Å². The van der Waals surface area contributed by atoms with E-state index in [4.69, 9.17) is 10.5 Å². The number of thiol groups is 1. The molecule has 2 rings (SSSR count). The minimum Gasteiger partial charge on any atom is -0.495 e. The van der Waals surface area contributed by atoms with Crippen LogP contribution in [0.5, 0.6) is 5.75 Å². The van der Waals surface area contributed by atoms with Crippen molar-refractivity contribution in [2.24, 2.45) is 5.73 Å². The van der Waals surface area contributed by atoms with Gasteiger partial charge in [-0.2, -0.15) is 5.10 Å². The van der Waals surface area contributed by atoms with Gasteiger partial charge in [-0.05, 0) is 6.07 Å². The minimum atomic E-state index is -0.579. The second kappa shape index (κ2) is 5.57. The number of primary amides is 1. The minimum absolute atomic E-state index is 0.342. The van der Waals surface area contributed by atoms with Gasteiger partial charge in [-0.3, -0.25) is 9.78 Å². The highest BCUT2D eigenvalue weighted by atomic mass is 32.1. The van der Waals surface area contributed by atoms with Gasteiger partial charge in [0.2, 0.25) is 5.91 Å². The average molecular weight is 276 g/mol. The van der Waals surface area contributed by atoms with Gasteiger partial charge >= 0.3 is 0 Å². The van der Waals surface area contributed by atoms with Gasteiger partial charge < -0.3 is 10.5 Å². The predicted octanol–water partition coefficient (Wildman–Crippen LogP) is 1.17. The van der Waals surface area contributed by atoms with Crippen LogP contribution in [-0.2, 0) is 4.79 Å². The molecular formula is C12H12N4O2S. The average Bonchev–Trinajstić information content (AvgIpc) is 2.88. The molecule has 2 aromatic heterocycles. The number of nitrogens with zero attached hydrogens (tertiary/aromatic N) is 3. The SMILES string of the molecule is COc1cncc(-c2cnn(/C(S)=C/C(N)=O)c2)c1. The van der Waals surface area contributed by atoms with Crippen molar-refractivity contribution in [2.45, 2.75) is 0 Å². The zero-order chi connectivity index (χ0) is 13.8. The van der Waals surface area contributed by atoms with Gasteiger partial charge in [0.15, 0.2) is 0 Å². The maximum Gasteiger partial charge on any atom is 0.244 e. The number of methoxy groups -OCH3 is 1. The molecule has 0 aliphatic carbocycles. The van der Waals surface area contributed by atoms with Crippen molar-refractivity contribution in [2.75, 3.05) is 7.11 Å². The molecule has 0 unspecified atom stereocenters. The summed E-state index contributed by atoms with van der Waals surface area (Å²) < 4.78 is 6.55. The molecule has 2 aromatic rings. The Morgan fingerprint density at radius 3 is 2.89 bits per heavy atom. The first-order chi connectivity index (χ1) is 9.10. The summed E-state index contributed by atoms with van der Waals surface area (Å²) in [5.74, 6) is 0.0779. The Labute approximate surface area is 115 Å². The lowest BCUT2D eigenvalue weighted by molar-refractivity contribution is -0.113. The van der Waals surface area contributed by atoms with E-state index in [-0.39, 0.29) is 0 Å². The van der Waals surface area contributed by atoms with Crippen LogP contribution in [0.25, 0.3) is 16.2 Å². The van der Waals surface area contributed by atoms with Gasteiger partial charge in [0.25, 0.3) is 0 Å². The summed E-state index contributed by atoms with van der Waals surface area (Å²) >= 11 is 4.14. The summed E-state index contributed by atoms with van der Waals surface area (Å²) in [6.07, 6.45) is 7.86. The van der Waals surface area contributed by atoms with Crippen LogP contribution in [0.4, 0.5) is 0 Å². The van der Waals surface area contributed by atoms with Crippen molar-refractivity contribution in [1.29, 1.82) is 0 Å². The fourth-order valence-corrected chi connectivity index (χ4v) is 1.72. The molecule has 0 radical (unpaired) electrons. The number of ether oxygens (including phenoxy) is 1. The maximum atomic E-state index is 10.8. The van der Waals surface area contributed by atoms with E-state index in [9.17, 15) is 4.79 Å². The molecule has 0 fully saturated rings. The van der Waals surface area contributed by atoms with Crippen LogP contribution in [0.3, 0.4) is 0 Å². The predicted molar refractivity (Wildman–Crippen MR) is 74.5 cm³/mol. The summed E-state index contributed by atoms with van der Waals surface area (Å²) in [4.78, 5) is 14.8. The highest BCUT2D eigenvalue weighted by Gasteiger charge is 2.05. The molecule has 0 saturated carbocycles. The standard InChI is InChI=1S/C12H12N4O2S/c1-18-10-2-8(4-14-6-10)9-5-15-16(7-9)12(19)3-11(13)17/h2-7,19H,1H3,(H2,13,17)/b12-3-. The van der Waals surface area contributed by atoms with Crippen molar-refractivity contribution in [3.63, 3.8) is 0 Å². The topological polar surface area (TPSA) is 83.0 Å². The van der Waals surface area contributed by atoms with Gasteiger partial charge in [0, 0.05) is 29.6 Å². The zero-order valence-corrected chi connectivity index (χ0v) is 11.0. The molecule has 2 heterocycles. The molecule has 0 aromatic carbocycles. The van der Waals surface area contributed by atoms with Gasteiger partial charge in [0.1, 0.15) is 5.75 Å². The van der Waals surface area contributed by atoms with E-state index in [1.54, 1.807) is 31.9 Å². The van der Waals surface area contributed by atoms with Gasteiger partial charge in [-0.25, -0.2) is 4.68 Å². The molecule has 0 aliphatic rings. The van der Waals surface area contributed by atoms with E-state index in [2.05, 4.69) is 22.7 Å². The van der Waals surface area contributed by atoms with E-state index >= 15 is 0 Å². The van der Waals surface area contributed by atoms with Crippen LogP contribution in [0.15, 0.2) is 36.9 Å². The van der Waals surface area contributed by atoms with E-state index in [0.29, 0.717) is 10.8 Å². The Hall–Kier alpha value is -2.28. The molecule has 6 nitrogen and oxygen atoms in total. The number of nitrogens with two attached hydrogens (primary N) is 1. The first-order valence-electron chi connectivity index (χ1n) is 5.34. The van der Waals surface area contributed by atoms with Crippen molar-refractivity contribution in [3.05, 3.63) is 36.9 Å². The number of pyridine rings is 1. The lowest BCUT2D eigenvalue weighted by Gasteiger charge is -2.01. The highest BCUT2D eigenvalue weighted by molar-refractivity contribution is 7.90. The molecular weight excluding hydrogens is 264 g/mol. The molecule has 2 N–H and O–H groups in total. The Morgan fingerprint density at radius 1 is 1.42 bits per heavy atom. The lowest BCUT2D eigenvalue weighted by atomic mass is 10.2. The summed E-state index contributed by atoms with van der Waals surface area (Å²) in [5.41, 5.74) is 6.74. The highest BCUT2D eigenvalue weighted by Crippen LogP contribution is 2.23. The first kappa shape index (κ1) is 13.2. The zero-order valence-electron chi connectivity index (χ0n) is 10.1. The Morgan fingerprint density at radius 2 is 2.21 bits per heavy atom. The third-order valence-corrected chi connectivity index (χ3v) is 2.70. The van der Waals surface area contributed by atoms with Gasteiger partial charge in [-0.15, -0.1) is 12.6 Å². The van der Waals surface area contributed by atoms with Gasteiger partial charge in [0.05, 0.1) is 24.5 Å². The number of rotatable bonds is 4. The van der Waals surface area contributed by atoms with Crippen LogP contribution in [0.1, 0.15) is 0 Å². The van der Waals surface area contributed by atoms with Crippen molar-refractivity contribution in [1.82, 2.24) is 14.8 Å². The Kier molecular flexibility index (Phi) is 3.86. The van der Waals surface area contributed by atoms with Crippen molar-refractivity contribution >= 4 is 23.6 Å². The number of hydrogen-bond donors (Lipinski definition) is 2. The quantitative estimate of drug-likeness (QED) is 0.648. The lowest BCUT2D eigenvalue weighted by Crippen LogP contribution is -2.07. The number of carbonyl (C=O) groups excluding carboxylic acids is 1. The summed E-state index contributed by atoms with van der Waals surface area (Å²) in [5, 5.41) is 4.44. The molecule has 98 valence electrons. The second-order valence-corrected chi connectivity index (χ2v) is 4.15. The maximum absolute atomic E-state index is 10.8. The van der Waals surface area contributed by atoms with Crippen LogP contribution in [-0.4, -0.2) is 27.8 Å². The van der Waals surface area contributed by atoms with E-state index in [1.807, 2.05) is 6.07 Å².